The van der Waals surface area contributed by atoms with Crippen molar-refractivity contribution >= 4 is 61.7 Å². The van der Waals surface area contributed by atoms with Crippen molar-refractivity contribution in [2.24, 2.45) is 0 Å². The molecule has 0 saturated carbocycles. The summed E-state index contributed by atoms with van der Waals surface area (Å²) in [5.41, 5.74) is 2.51. The summed E-state index contributed by atoms with van der Waals surface area (Å²) >= 11 is 2.77. The van der Waals surface area contributed by atoms with Crippen molar-refractivity contribution in [2.45, 2.75) is 6.92 Å². The van der Waals surface area contributed by atoms with Gasteiger partial charge in [-0.2, -0.15) is 5.10 Å². The minimum Gasteiger partial charge on any atom is -0.305 e. The third-order valence-corrected chi connectivity index (χ3v) is 5.43. The van der Waals surface area contributed by atoms with E-state index in [0.717, 1.165) is 22.6 Å². The minimum absolute atomic E-state index is 0.0974. The van der Waals surface area contributed by atoms with Crippen LogP contribution in [0, 0.1) is 20.9 Å². The van der Waals surface area contributed by atoms with Crippen molar-refractivity contribution in [2.75, 3.05) is 5.32 Å². The molecule has 140 valence electrons. The lowest BCUT2D eigenvalue weighted by Crippen LogP contribution is -2.12. The van der Waals surface area contributed by atoms with E-state index in [-0.39, 0.29) is 9.88 Å². The average Bonchev–Trinajstić information content (AvgIpc) is 3.30. The van der Waals surface area contributed by atoms with Gasteiger partial charge in [-0.25, -0.2) is 14.6 Å². The van der Waals surface area contributed by atoms with Crippen LogP contribution < -0.4 is 5.32 Å². The lowest BCUT2D eigenvalue weighted by molar-refractivity contribution is -0.380. The van der Waals surface area contributed by atoms with E-state index in [0.29, 0.717) is 20.7 Å². The van der Waals surface area contributed by atoms with E-state index < -0.39 is 10.8 Å². The maximum atomic E-state index is 12.5. The summed E-state index contributed by atoms with van der Waals surface area (Å²) in [5.74, 6) is -0.175. The smallest absolute Gasteiger partial charge is 0.305 e. The number of nitro groups is 1. The molecule has 0 aliphatic carbocycles. The third-order valence-electron chi connectivity index (χ3n) is 3.91. The van der Waals surface area contributed by atoms with Crippen molar-refractivity contribution < 1.29 is 9.72 Å². The molecule has 0 saturated heterocycles. The molecule has 0 unspecified atom stereocenters. The Morgan fingerprint density at radius 3 is 2.64 bits per heavy atom. The van der Waals surface area contributed by atoms with E-state index in [1.54, 1.807) is 10.9 Å². The van der Waals surface area contributed by atoms with Gasteiger partial charge in [0.15, 0.2) is 9.48 Å². The monoisotopic (exact) mass is 506 g/mol. The van der Waals surface area contributed by atoms with E-state index in [4.69, 9.17) is 0 Å². The zero-order valence-electron chi connectivity index (χ0n) is 14.3. The summed E-state index contributed by atoms with van der Waals surface area (Å²) < 4.78 is 2.11. The number of anilines is 1. The molecule has 0 spiro atoms. The van der Waals surface area contributed by atoms with Gasteiger partial charge in [0.2, 0.25) is 0 Å². The molecule has 4 aromatic rings. The number of amides is 1. The Morgan fingerprint density at radius 1 is 1.21 bits per heavy atom. The van der Waals surface area contributed by atoms with Crippen LogP contribution in [0.3, 0.4) is 0 Å². The number of hydrogen-bond acceptors (Lipinski definition) is 7. The van der Waals surface area contributed by atoms with Crippen LogP contribution in [0.15, 0.2) is 42.6 Å². The number of fused-ring (bicyclic) bond motifs is 1. The predicted octanol–water partition coefficient (Wildman–Crippen LogP) is 3.95. The molecule has 1 amide bonds. The molecule has 0 bridgehead atoms. The lowest BCUT2D eigenvalue weighted by atomic mass is 10.2. The molecular formula is C17H11IN6O3S. The van der Waals surface area contributed by atoms with Gasteiger partial charge in [0, 0.05) is 28.7 Å². The quantitative estimate of drug-likeness (QED) is 0.194. The zero-order valence-corrected chi connectivity index (χ0v) is 17.3. The number of carbonyl (C=O) groups is 1. The first-order valence-corrected chi connectivity index (χ1v) is 9.86. The van der Waals surface area contributed by atoms with Gasteiger partial charge in [-0.1, -0.05) is 29.0 Å². The number of aryl methyl sites for hydroxylation is 1. The van der Waals surface area contributed by atoms with Crippen molar-refractivity contribution in [3.63, 3.8) is 0 Å². The van der Waals surface area contributed by atoms with Crippen LogP contribution in [0.1, 0.15) is 15.2 Å². The topological polar surface area (TPSA) is 116 Å². The van der Waals surface area contributed by atoms with E-state index in [9.17, 15) is 14.9 Å². The normalized spacial score (nSPS) is 10.9. The van der Waals surface area contributed by atoms with E-state index in [1.165, 1.54) is 12.1 Å². The van der Waals surface area contributed by atoms with Gasteiger partial charge < -0.3 is 5.32 Å². The molecule has 3 aromatic heterocycles. The van der Waals surface area contributed by atoms with Gasteiger partial charge in [0.25, 0.3) is 5.91 Å². The molecule has 0 atom stereocenters. The summed E-state index contributed by atoms with van der Waals surface area (Å²) in [6.45, 7) is 2.00. The molecule has 1 N–H and O–H groups in total. The Bertz CT molecular complexity index is 1220. The number of aromatic nitrogens is 4. The first kappa shape index (κ1) is 18.4. The largest absolute Gasteiger partial charge is 0.324 e. The van der Waals surface area contributed by atoms with Crippen LogP contribution >= 0.6 is 33.9 Å². The highest BCUT2D eigenvalue weighted by Crippen LogP contribution is 2.27. The average molecular weight is 506 g/mol. The Kier molecular flexibility index (Phi) is 4.77. The number of benzene rings is 1. The standard InChI is InChI=1S/C17H11IN6O3S/c1-9-2-4-10(5-3-9)23-15-11(8-19-23)14(21-17(18)22-15)20-16(25)12-6-7-13(28-12)24(26)27/h2-8H,1H3,(H,20,21,22,25). The second-order valence-corrected chi connectivity index (χ2v) is 7.85. The van der Waals surface area contributed by atoms with Crippen molar-refractivity contribution in [3.05, 3.63) is 67.0 Å². The third kappa shape index (κ3) is 3.45. The molecule has 28 heavy (non-hydrogen) atoms. The molecule has 11 heteroatoms. The molecule has 3 heterocycles. The van der Waals surface area contributed by atoms with Gasteiger partial charge in [-0.05, 0) is 25.1 Å². The summed E-state index contributed by atoms with van der Waals surface area (Å²) in [6.07, 6.45) is 1.58. The van der Waals surface area contributed by atoms with Crippen LogP contribution in [0.5, 0.6) is 0 Å². The van der Waals surface area contributed by atoms with E-state index >= 15 is 0 Å². The molecule has 9 nitrogen and oxygen atoms in total. The van der Waals surface area contributed by atoms with Crippen molar-refractivity contribution in [1.29, 1.82) is 0 Å². The zero-order chi connectivity index (χ0) is 19.8. The maximum Gasteiger partial charge on any atom is 0.324 e. The molecular weight excluding hydrogens is 495 g/mol. The second kappa shape index (κ2) is 7.24. The fourth-order valence-corrected chi connectivity index (χ4v) is 3.75. The second-order valence-electron chi connectivity index (χ2n) is 5.82. The Labute approximate surface area is 175 Å². The van der Waals surface area contributed by atoms with Crippen LogP contribution in [0.2, 0.25) is 0 Å². The summed E-state index contributed by atoms with van der Waals surface area (Å²) in [6, 6.07) is 10.5. The predicted molar refractivity (Wildman–Crippen MR) is 113 cm³/mol. The number of nitrogens with zero attached hydrogens (tertiary/aromatic N) is 5. The molecule has 0 aliphatic rings. The van der Waals surface area contributed by atoms with Crippen molar-refractivity contribution in [3.8, 4) is 5.69 Å². The lowest BCUT2D eigenvalue weighted by Gasteiger charge is -2.06. The van der Waals surface area contributed by atoms with Crippen LogP contribution in [-0.4, -0.2) is 30.6 Å². The molecule has 1 aromatic carbocycles. The number of rotatable bonds is 4. The SMILES string of the molecule is Cc1ccc(-n2ncc3c(NC(=O)c4ccc([N+](=O)[O-])s4)nc(I)nc32)cc1. The first-order chi connectivity index (χ1) is 13.4. The number of halogens is 1. The summed E-state index contributed by atoms with van der Waals surface area (Å²) in [7, 11) is 0. The van der Waals surface area contributed by atoms with Crippen LogP contribution in [0.4, 0.5) is 10.8 Å². The van der Waals surface area contributed by atoms with Gasteiger partial charge in [0.1, 0.15) is 5.82 Å². The number of thiophene rings is 1. The molecule has 0 fully saturated rings. The number of hydrogen-bond donors (Lipinski definition) is 1. The minimum atomic E-state index is -0.529. The van der Waals surface area contributed by atoms with Gasteiger partial charge in [0.05, 0.1) is 27.1 Å². The Hall–Kier alpha value is -2.93. The number of carbonyl (C=O) groups excluding carboxylic acids is 1. The van der Waals surface area contributed by atoms with Crippen LogP contribution in [0.25, 0.3) is 16.7 Å². The van der Waals surface area contributed by atoms with E-state index in [2.05, 4.69) is 20.4 Å². The fourth-order valence-electron chi connectivity index (χ4n) is 2.57. The molecule has 0 radical (unpaired) electrons. The fraction of sp³-hybridized carbons (Fsp3) is 0.0588. The highest BCUT2D eigenvalue weighted by molar-refractivity contribution is 14.1. The van der Waals surface area contributed by atoms with Gasteiger partial charge in [-0.15, -0.1) is 0 Å². The molecule has 0 aliphatic heterocycles. The first-order valence-electron chi connectivity index (χ1n) is 7.96. The van der Waals surface area contributed by atoms with E-state index in [1.807, 2.05) is 53.8 Å². The number of nitrogens with one attached hydrogen (secondary N) is 1. The highest BCUT2D eigenvalue weighted by Gasteiger charge is 2.19. The highest BCUT2D eigenvalue weighted by atomic mass is 127. The van der Waals surface area contributed by atoms with Crippen molar-refractivity contribution in [1.82, 2.24) is 19.7 Å². The Balaban J connectivity index is 1.72. The summed E-state index contributed by atoms with van der Waals surface area (Å²) in [4.78, 5) is 31.8. The maximum absolute atomic E-state index is 12.5. The molecule has 4 rings (SSSR count). The Morgan fingerprint density at radius 2 is 1.96 bits per heavy atom. The van der Waals surface area contributed by atoms with Gasteiger partial charge >= 0.3 is 5.00 Å². The van der Waals surface area contributed by atoms with Crippen LogP contribution in [-0.2, 0) is 0 Å². The summed E-state index contributed by atoms with van der Waals surface area (Å²) in [5, 5.41) is 18.4. The van der Waals surface area contributed by atoms with Gasteiger partial charge in [-0.3, -0.25) is 14.9 Å².